The molecule has 0 saturated carbocycles. The van der Waals surface area contributed by atoms with E-state index in [1.807, 2.05) is 113 Å². The van der Waals surface area contributed by atoms with Crippen molar-refractivity contribution in [3.63, 3.8) is 0 Å². The Bertz CT molecular complexity index is 3180. The number of benzene rings is 4. The monoisotopic (exact) mass is 924 g/mol. The summed E-state index contributed by atoms with van der Waals surface area (Å²) in [5.74, 6) is 3.10. The fourth-order valence-electron chi connectivity index (χ4n) is 7.72. The molecule has 4 heterocycles. The van der Waals surface area contributed by atoms with E-state index < -0.39 is 4.92 Å². The van der Waals surface area contributed by atoms with Gasteiger partial charge in [0, 0.05) is 94.8 Å². The normalized spacial score (nSPS) is 11.3. The number of ether oxygens (including phenoxy) is 2. The van der Waals surface area contributed by atoms with Crippen LogP contribution in [0.2, 0.25) is 0 Å². The van der Waals surface area contributed by atoms with Gasteiger partial charge in [-0.15, -0.1) is 0 Å². The SMILES string of the molecule is COc1cc(N(C)CCN(C)C)c(N)cc1Cc1nccc(-n2c(=O)[nH]c3ccccc32)n1.COc1cc(N(C)CCN(C)C)c([N+](=O)[O-])cc1Cc1nccc(-n2c(=O)[nH]c3ccccc32)n1. The Balaban J connectivity index is 0.000000202. The van der Waals surface area contributed by atoms with Crippen molar-refractivity contribution in [3.05, 3.63) is 151 Å². The molecule has 8 rings (SSSR count). The molecule has 4 N–H and O–H groups in total. The minimum absolute atomic E-state index is 0.0222. The number of nitrogen functional groups attached to an aromatic ring is 1. The molecule has 0 amide bonds. The summed E-state index contributed by atoms with van der Waals surface area (Å²) in [6.07, 6.45) is 3.83. The molecule has 0 radical (unpaired) electrons. The van der Waals surface area contributed by atoms with Crippen LogP contribution < -0.4 is 36.4 Å². The standard InChI is InChI=1S/C24H27N7O4.C24H29N7O2/c1-28(2)11-12-29(3)19-15-21(35-4)16(13-20(19)31(33)34)14-22-25-10-9-23(27-22)30-18-8-6-5-7-17(18)26-24(30)32;1-29(2)11-12-30(3)20-15-21(33-4)16(13-17(20)25)14-22-26-10-9-23(28-22)31-19-8-6-5-7-18(19)27-24(31)32/h5-10,13,15H,11-12,14H2,1-4H3,(H,26,32);5-10,13,15H,11-12,14,25H2,1-4H3,(H,27,32). The molecule has 0 aliphatic rings. The lowest BCUT2D eigenvalue weighted by molar-refractivity contribution is -0.384. The van der Waals surface area contributed by atoms with Gasteiger partial charge in [0.2, 0.25) is 0 Å². The predicted molar refractivity (Wildman–Crippen MR) is 265 cm³/mol. The fourth-order valence-corrected chi connectivity index (χ4v) is 7.72. The van der Waals surface area contributed by atoms with Gasteiger partial charge in [0.1, 0.15) is 40.5 Å². The number of fused-ring (bicyclic) bond motifs is 2. The van der Waals surface area contributed by atoms with Gasteiger partial charge in [0.25, 0.3) is 5.69 Å². The van der Waals surface area contributed by atoms with E-state index in [0.29, 0.717) is 75.7 Å². The van der Waals surface area contributed by atoms with Crippen LogP contribution >= 0.6 is 0 Å². The summed E-state index contributed by atoms with van der Waals surface area (Å²) in [6.45, 7) is 3.10. The summed E-state index contributed by atoms with van der Waals surface area (Å²) in [7, 11) is 15.0. The van der Waals surface area contributed by atoms with Gasteiger partial charge < -0.3 is 44.8 Å². The molecule has 20 heteroatoms. The predicted octanol–water partition coefficient (Wildman–Crippen LogP) is 4.90. The Morgan fingerprint density at radius 2 is 1.07 bits per heavy atom. The number of nitro benzene ring substituents is 1. The third kappa shape index (κ3) is 10.8. The molecule has 20 nitrogen and oxygen atoms in total. The van der Waals surface area contributed by atoms with Crippen molar-refractivity contribution < 1.29 is 14.4 Å². The number of para-hydroxylation sites is 4. The van der Waals surface area contributed by atoms with E-state index in [-0.39, 0.29) is 23.5 Å². The number of hydrogen-bond donors (Lipinski definition) is 3. The van der Waals surface area contributed by atoms with Crippen LogP contribution in [-0.2, 0) is 12.8 Å². The fraction of sp³-hybridized carbons (Fsp3) is 0.292. The first-order chi connectivity index (χ1) is 32.6. The van der Waals surface area contributed by atoms with Crippen molar-refractivity contribution in [2.45, 2.75) is 12.8 Å². The highest BCUT2D eigenvalue weighted by Crippen LogP contribution is 2.36. The first kappa shape index (κ1) is 47.9. The van der Waals surface area contributed by atoms with Crippen molar-refractivity contribution >= 4 is 44.8 Å². The van der Waals surface area contributed by atoms with Gasteiger partial charge >= 0.3 is 11.4 Å². The van der Waals surface area contributed by atoms with Crippen LogP contribution in [-0.4, -0.2) is 136 Å². The first-order valence-electron chi connectivity index (χ1n) is 21.7. The van der Waals surface area contributed by atoms with Gasteiger partial charge in [0.15, 0.2) is 0 Å². The third-order valence-electron chi connectivity index (χ3n) is 11.3. The third-order valence-corrected chi connectivity index (χ3v) is 11.3. The second-order valence-corrected chi connectivity index (χ2v) is 16.7. The lowest BCUT2D eigenvalue weighted by atomic mass is 10.1. The molecule has 0 aliphatic heterocycles. The lowest BCUT2D eigenvalue weighted by Crippen LogP contribution is -2.29. The lowest BCUT2D eigenvalue weighted by Gasteiger charge is -2.24. The second kappa shape index (κ2) is 21.0. The molecule has 4 aromatic carbocycles. The van der Waals surface area contributed by atoms with Gasteiger partial charge in [-0.2, -0.15) is 0 Å². The van der Waals surface area contributed by atoms with Crippen LogP contribution in [0, 0.1) is 10.1 Å². The maximum absolute atomic E-state index is 12.6. The number of methoxy groups -OCH3 is 2. The molecular formula is C48H56N14O6. The van der Waals surface area contributed by atoms with Crippen molar-refractivity contribution in [1.29, 1.82) is 0 Å². The van der Waals surface area contributed by atoms with Crippen molar-refractivity contribution in [2.75, 3.05) is 98.2 Å². The summed E-state index contributed by atoms with van der Waals surface area (Å²) in [6, 6.07) is 25.3. The topological polar surface area (TPSA) is 228 Å². The number of imidazole rings is 2. The molecule has 0 fully saturated rings. The number of nitrogens with two attached hydrogens (primary N) is 1. The first-order valence-corrected chi connectivity index (χ1v) is 21.7. The zero-order valence-corrected chi connectivity index (χ0v) is 39.4. The highest BCUT2D eigenvalue weighted by Gasteiger charge is 2.23. The number of aromatic nitrogens is 8. The second-order valence-electron chi connectivity index (χ2n) is 16.7. The molecule has 354 valence electrons. The average Bonchev–Trinajstić information content (AvgIpc) is 3.85. The number of H-pyrrole nitrogens is 2. The molecule has 0 saturated heterocycles. The molecule has 0 atom stereocenters. The van der Waals surface area contributed by atoms with E-state index in [9.17, 15) is 19.7 Å². The van der Waals surface area contributed by atoms with Crippen LogP contribution in [0.5, 0.6) is 11.5 Å². The molecule has 0 spiro atoms. The summed E-state index contributed by atoms with van der Waals surface area (Å²) < 4.78 is 14.3. The summed E-state index contributed by atoms with van der Waals surface area (Å²) in [5.41, 5.74) is 12.2. The van der Waals surface area contributed by atoms with Crippen molar-refractivity contribution in [1.82, 2.24) is 48.8 Å². The van der Waals surface area contributed by atoms with Crippen molar-refractivity contribution in [3.8, 4) is 23.1 Å². The number of aromatic amines is 2. The molecule has 4 aromatic heterocycles. The van der Waals surface area contributed by atoms with Gasteiger partial charge in [-0.05, 0) is 70.7 Å². The van der Waals surface area contributed by atoms with E-state index in [4.69, 9.17) is 15.2 Å². The van der Waals surface area contributed by atoms with Crippen molar-refractivity contribution in [2.24, 2.45) is 0 Å². The van der Waals surface area contributed by atoms with Crippen LogP contribution in [0.4, 0.5) is 22.7 Å². The van der Waals surface area contributed by atoms with Gasteiger partial charge in [-0.25, -0.2) is 38.7 Å². The maximum Gasteiger partial charge on any atom is 0.332 e. The zero-order valence-electron chi connectivity index (χ0n) is 39.4. The Hall–Kier alpha value is -8.10. The maximum atomic E-state index is 12.6. The molecule has 0 bridgehead atoms. The number of rotatable bonds is 17. The van der Waals surface area contributed by atoms with Crippen LogP contribution in [0.25, 0.3) is 33.7 Å². The minimum atomic E-state index is -0.396. The summed E-state index contributed by atoms with van der Waals surface area (Å²) in [4.78, 5) is 68.4. The zero-order chi connectivity index (χ0) is 48.6. The minimum Gasteiger partial charge on any atom is -0.496 e. The van der Waals surface area contributed by atoms with E-state index in [0.717, 1.165) is 41.9 Å². The number of nitrogens with zero attached hydrogens (tertiary/aromatic N) is 11. The average molecular weight is 925 g/mol. The van der Waals surface area contributed by atoms with E-state index in [2.05, 4.69) is 39.7 Å². The number of nitrogens with one attached hydrogen (secondary N) is 2. The smallest absolute Gasteiger partial charge is 0.332 e. The largest absolute Gasteiger partial charge is 0.496 e. The molecular weight excluding hydrogens is 869 g/mol. The van der Waals surface area contributed by atoms with Gasteiger partial charge in [-0.1, -0.05) is 24.3 Å². The summed E-state index contributed by atoms with van der Waals surface area (Å²) >= 11 is 0. The van der Waals surface area contributed by atoms with Crippen LogP contribution in [0.15, 0.2) is 107 Å². The molecule has 0 unspecified atom stereocenters. The quantitative estimate of drug-likeness (QED) is 0.0627. The Morgan fingerprint density at radius 1 is 0.632 bits per heavy atom. The Morgan fingerprint density at radius 3 is 1.53 bits per heavy atom. The molecule has 0 aliphatic carbocycles. The number of anilines is 3. The van der Waals surface area contributed by atoms with Crippen LogP contribution in [0.3, 0.4) is 0 Å². The highest BCUT2D eigenvalue weighted by atomic mass is 16.6. The van der Waals surface area contributed by atoms with Crippen LogP contribution in [0.1, 0.15) is 22.8 Å². The molecule has 8 aromatic rings. The van der Waals surface area contributed by atoms with E-state index >= 15 is 0 Å². The van der Waals surface area contributed by atoms with Gasteiger partial charge in [0.05, 0.1) is 52.6 Å². The van der Waals surface area contributed by atoms with E-state index in [1.165, 1.54) is 17.7 Å². The number of hydrogen-bond acceptors (Lipinski definition) is 15. The highest BCUT2D eigenvalue weighted by molar-refractivity contribution is 5.78. The number of likely N-dealkylation sites (N-methyl/N-ethyl adjacent to an activating group) is 4. The van der Waals surface area contributed by atoms with E-state index in [1.54, 1.807) is 42.3 Å². The Kier molecular flexibility index (Phi) is 14.8. The summed E-state index contributed by atoms with van der Waals surface area (Å²) in [5, 5.41) is 11.9. The number of nitro groups is 1. The molecule has 68 heavy (non-hydrogen) atoms. The Labute approximate surface area is 392 Å². The van der Waals surface area contributed by atoms with Gasteiger partial charge in [-0.3, -0.25) is 10.1 Å².